The van der Waals surface area contributed by atoms with E-state index in [0.29, 0.717) is 36.5 Å². The lowest BCUT2D eigenvalue weighted by molar-refractivity contribution is -0.384. The number of hydrogen-bond acceptors (Lipinski definition) is 5. The highest BCUT2D eigenvalue weighted by Gasteiger charge is 2.11. The quantitative estimate of drug-likeness (QED) is 0.358. The van der Waals surface area contributed by atoms with Crippen molar-refractivity contribution in [1.29, 1.82) is 0 Å². The molecule has 8 heteroatoms. The molecule has 0 saturated carbocycles. The van der Waals surface area contributed by atoms with Gasteiger partial charge in [-0.1, -0.05) is 30.3 Å². The normalized spacial score (nSPS) is 10.4. The molecule has 138 valence electrons. The third-order valence-electron chi connectivity index (χ3n) is 3.77. The van der Waals surface area contributed by atoms with Gasteiger partial charge in [-0.05, 0) is 18.6 Å². The van der Waals surface area contributed by atoms with Gasteiger partial charge in [-0.25, -0.2) is 0 Å². The first kappa shape index (κ1) is 18.1. The van der Waals surface area contributed by atoms with Gasteiger partial charge in [-0.15, -0.1) is 0 Å². The second-order valence-corrected chi connectivity index (χ2v) is 5.79. The minimum absolute atomic E-state index is 0.00824. The Bertz CT molecular complexity index is 924. The minimum atomic E-state index is -0.458. The number of nitrogens with one attached hydrogen (secondary N) is 2. The summed E-state index contributed by atoms with van der Waals surface area (Å²) in [5.41, 5.74) is 1.20. The van der Waals surface area contributed by atoms with Gasteiger partial charge in [0.05, 0.1) is 17.2 Å². The molecular formula is C19H18N4O4. The molecular weight excluding hydrogens is 348 g/mol. The molecule has 3 aromatic rings. The molecule has 0 aliphatic carbocycles. The molecule has 0 radical (unpaired) electrons. The second-order valence-electron chi connectivity index (χ2n) is 5.79. The van der Waals surface area contributed by atoms with E-state index in [1.807, 2.05) is 30.3 Å². The molecule has 2 N–H and O–H groups in total. The number of amides is 1. The summed E-state index contributed by atoms with van der Waals surface area (Å²) in [6.07, 6.45) is 0.870. The minimum Gasteiger partial charge on any atom is -0.494 e. The van der Waals surface area contributed by atoms with Crippen molar-refractivity contribution in [3.8, 4) is 17.0 Å². The van der Waals surface area contributed by atoms with Crippen LogP contribution >= 0.6 is 0 Å². The summed E-state index contributed by atoms with van der Waals surface area (Å²) in [4.78, 5) is 22.4. The lowest BCUT2D eigenvalue weighted by atomic mass is 10.1. The van der Waals surface area contributed by atoms with Crippen LogP contribution < -0.4 is 10.1 Å². The smallest absolute Gasteiger partial charge is 0.270 e. The summed E-state index contributed by atoms with van der Waals surface area (Å²) in [5.74, 6) is 0.959. The van der Waals surface area contributed by atoms with Crippen molar-refractivity contribution in [3.63, 3.8) is 0 Å². The maximum absolute atomic E-state index is 12.0. The highest BCUT2D eigenvalue weighted by atomic mass is 16.6. The third kappa shape index (κ3) is 5.15. The number of anilines is 1. The number of benzene rings is 2. The monoisotopic (exact) mass is 366 g/mol. The fourth-order valence-corrected chi connectivity index (χ4v) is 2.47. The average molecular weight is 366 g/mol. The van der Waals surface area contributed by atoms with Crippen molar-refractivity contribution in [1.82, 2.24) is 10.2 Å². The Balaban J connectivity index is 1.49. The summed E-state index contributed by atoms with van der Waals surface area (Å²) in [5, 5.41) is 20.4. The molecule has 3 rings (SSSR count). The Hall–Kier alpha value is -3.68. The summed E-state index contributed by atoms with van der Waals surface area (Å²) < 4.78 is 5.54. The molecule has 0 fully saturated rings. The van der Waals surface area contributed by atoms with Crippen LogP contribution in [0, 0.1) is 10.1 Å². The van der Waals surface area contributed by atoms with Crippen molar-refractivity contribution in [2.45, 2.75) is 12.8 Å². The maximum Gasteiger partial charge on any atom is 0.270 e. The molecule has 8 nitrogen and oxygen atoms in total. The zero-order valence-electron chi connectivity index (χ0n) is 14.4. The molecule has 0 aliphatic rings. The Morgan fingerprint density at radius 2 is 1.96 bits per heavy atom. The van der Waals surface area contributed by atoms with Crippen LogP contribution in [0.25, 0.3) is 11.3 Å². The Labute approximate surface area is 155 Å². The van der Waals surface area contributed by atoms with Gasteiger partial charge in [0.1, 0.15) is 5.75 Å². The predicted octanol–water partition coefficient (Wildman–Crippen LogP) is 3.78. The van der Waals surface area contributed by atoms with Gasteiger partial charge < -0.3 is 10.1 Å². The molecule has 2 aromatic carbocycles. The highest BCUT2D eigenvalue weighted by Crippen LogP contribution is 2.23. The van der Waals surface area contributed by atoms with Crippen molar-refractivity contribution in [3.05, 3.63) is 70.8 Å². The van der Waals surface area contributed by atoms with Crippen molar-refractivity contribution in [2.24, 2.45) is 0 Å². The molecule has 0 spiro atoms. The zero-order chi connectivity index (χ0) is 19.1. The van der Waals surface area contributed by atoms with Crippen molar-refractivity contribution >= 4 is 17.4 Å². The van der Waals surface area contributed by atoms with E-state index >= 15 is 0 Å². The van der Waals surface area contributed by atoms with E-state index in [2.05, 4.69) is 15.5 Å². The van der Waals surface area contributed by atoms with Gasteiger partial charge in [-0.3, -0.25) is 20.0 Å². The van der Waals surface area contributed by atoms with Crippen LogP contribution in [0.3, 0.4) is 0 Å². The van der Waals surface area contributed by atoms with Crippen LogP contribution in [-0.2, 0) is 4.79 Å². The van der Waals surface area contributed by atoms with Crippen LogP contribution in [-0.4, -0.2) is 27.6 Å². The van der Waals surface area contributed by atoms with Crippen LogP contribution in [0.4, 0.5) is 11.5 Å². The topological polar surface area (TPSA) is 110 Å². The molecule has 0 bridgehead atoms. The van der Waals surface area contributed by atoms with Crippen molar-refractivity contribution < 1.29 is 14.5 Å². The fourth-order valence-electron chi connectivity index (χ4n) is 2.47. The molecule has 1 heterocycles. The SMILES string of the molecule is O=C(CCCOc1ccccc1)Nc1cc(-c2cccc([N+](=O)[O-])c2)[nH]n1. The average Bonchev–Trinajstić information content (AvgIpc) is 3.14. The van der Waals surface area contributed by atoms with Crippen LogP contribution in [0.15, 0.2) is 60.7 Å². The predicted molar refractivity (Wildman–Crippen MR) is 100 cm³/mol. The number of carbonyl (C=O) groups excluding carboxylic acids is 1. The zero-order valence-corrected chi connectivity index (χ0v) is 14.4. The Morgan fingerprint density at radius 1 is 1.15 bits per heavy atom. The first-order valence-electron chi connectivity index (χ1n) is 8.40. The number of aromatic nitrogens is 2. The van der Waals surface area contributed by atoms with Gasteiger partial charge in [-0.2, -0.15) is 5.10 Å². The summed E-state index contributed by atoms with van der Waals surface area (Å²) in [7, 11) is 0. The summed E-state index contributed by atoms with van der Waals surface area (Å²) in [6, 6.07) is 17.2. The van der Waals surface area contributed by atoms with Crippen LogP contribution in [0.1, 0.15) is 12.8 Å². The highest BCUT2D eigenvalue weighted by molar-refractivity contribution is 5.90. The lowest BCUT2D eigenvalue weighted by Gasteiger charge is -2.05. The van der Waals surface area contributed by atoms with Gasteiger partial charge in [0, 0.05) is 30.2 Å². The van der Waals surface area contributed by atoms with E-state index in [9.17, 15) is 14.9 Å². The number of nitro benzene ring substituents is 1. The fraction of sp³-hybridized carbons (Fsp3) is 0.158. The first-order valence-corrected chi connectivity index (χ1v) is 8.40. The number of ether oxygens (including phenoxy) is 1. The first-order chi connectivity index (χ1) is 13.1. The molecule has 1 aromatic heterocycles. The summed E-state index contributed by atoms with van der Waals surface area (Å²) >= 11 is 0. The Morgan fingerprint density at radius 3 is 2.74 bits per heavy atom. The lowest BCUT2D eigenvalue weighted by Crippen LogP contribution is -2.13. The molecule has 0 unspecified atom stereocenters. The number of non-ortho nitro benzene ring substituents is 1. The third-order valence-corrected chi connectivity index (χ3v) is 3.77. The second kappa shape index (κ2) is 8.61. The van der Waals surface area contributed by atoms with Gasteiger partial charge in [0.25, 0.3) is 5.69 Å². The molecule has 27 heavy (non-hydrogen) atoms. The number of hydrogen-bond donors (Lipinski definition) is 2. The maximum atomic E-state index is 12.0. The van der Waals surface area contributed by atoms with Crippen LogP contribution in [0.2, 0.25) is 0 Å². The number of aromatic amines is 1. The van der Waals surface area contributed by atoms with E-state index in [1.54, 1.807) is 18.2 Å². The number of para-hydroxylation sites is 1. The number of rotatable bonds is 8. The number of nitro groups is 1. The number of nitrogens with zero attached hydrogens (tertiary/aromatic N) is 2. The van der Waals surface area contributed by atoms with Crippen molar-refractivity contribution in [2.75, 3.05) is 11.9 Å². The largest absolute Gasteiger partial charge is 0.494 e. The summed E-state index contributed by atoms with van der Waals surface area (Å²) in [6.45, 7) is 0.441. The molecule has 0 aliphatic heterocycles. The molecule has 1 amide bonds. The Kier molecular flexibility index (Phi) is 5.78. The number of H-pyrrole nitrogens is 1. The van der Waals surface area contributed by atoms with E-state index < -0.39 is 4.92 Å². The van der Waals surface area contributed by atoms with E-state index in [-0.39, 0.29) is 11.6 Å². The molecule has 0 saturated heterocycles. The van der Waals surface area contributed by atoms with E-state index in [4.69, 9.17) is 4.74 Å². The van der Waals surface area contributed by atoms with E-state index in [1.165, 1.54) is 12.1 Å². The van der Waals surface area contributed by atoms with E-state index in [0.717, 1.165) is 5.75 Å². The van der Waals surface area contributed by atoms with Gasteiger partial charge in [0.2, 0.25) is 5.91 Å². The molecule has 0 atom stereocenters. The van der Waals surface area contributed by atoms with Gasteiger partial charge >= 0.3 is 0 Å². The van der Waals surface area contributed by atoms with Crippen LogP contribution in [0.5, 0.6) is 5.75 Å². The standard InChI is InChI=1S/C19H18N4O4/c24-19(10-5-11-27-16-8-2-1-3-9-16)20-18-13-17(21-22-18)14-6-4-7-15(12-14)23(25)26/h1-4,6-9,12-13H,5,10-11H2,(H2,20,21,22,24). The number of carbonyl (C=O) groups is 1. The van der Waals surface area contributed by atoms with Gasteiger partial charge in [0.15, 0.2) is 5.82 Å².